The Hall–Kier alpha value is -1.91. The highest BCUT2D eigenvalue weighted by Gasteiger charge is 2.11. The molecule has 15 heavy (non-hydrogen) atoms. The minimum Gasteiger partial charge on any atom is -0.496 e. The van der Waals surface area contributed by atoms with Gasteiger partial charge in [0.25, 0.3) is 0 Å². The van der Waals surface area contributed by atoms with E-state index in [1.165, 1.54) is 20.4 Å². The lowest BCUT2D eigenvalue weighted by atomic mass is 10.2. The maximum Gasteiger partial charge on any atom is 0.135 e. The van der Waals surface area contributed by atoms with Crippen LogP contribution in [-0.4, -0.2) is 32.8 Å². The Morgan fingerprint density at radius 3 is 1.93 bits per heavy atom. The highest BCUT2D eigenvalue weighted by atomic mass is 16.5. The molecule has 1 rings (SSSR count). The predicted molar refractivity (Wildman–Crippen MR) is 55.5 cm³/mol. The summed E-state index contributed by atoms with van der Waals surface area (Å²) in [4.78, 5) is 0. The molecule has 0 amide bonds. The molecule has 0 fully saturated rings. The van der Waals surface area contributed by atoms with Gasteiger partial charge in [-0.25, -0.2) is 0 Å². The molecule has 0 aliphatic rings. The quantitative estimate of drug-likeness (QED) is 0.466. The average Bonchev–Trinajstić information content (AvgIpc) is 2.29. The van der Waals surface area contributed by atoms with Crippen molar-refractivity contribution in [2.24, 2.45) is 5.16 Å². The fourth-order valence-electron chi connectivity index (χ4n) is 1.22. The molecule has 0 aliphatic carbocycles. The van der Waals surface area contributed by atoms with Crippen molar-refractivity contribution >= 4 is 6.21 Å². The first kappa shape index (κ1) is 11.2. The number of oxime groups is 1. The van der Waals surface area contributed by atoms with Crippen LogP contribution in [0.3, 0.4) is 0 Å². The second kappa shape index (κ2) is 5.09. The lowest BCUT2D eigenvalue weighted by Crippen LogP contribution is -1.97. The summed E-state index contributed by atoms with van der Waals surface area (Å²) in [5.41, 5.74) is 0.559. The van der Waals surface area contributed by atoms with Crippen molar-refractivity contribution in [3.05, 3.63) is 17.7 Å². The average molecular weight is 211 g/mol. The highest BCUT2D eigenvalue weighted by Crippen LogP contribution is 2.32. The molecular weight excluding hydrogens is 198 g/mol. The maximum atomic E-state index is 8.51. The molecular formula is C10H13NO4. The molecule has 82 valence electrons. The fourth-order valence-corrected chi connectivity index (χ4v) is 1.22. The van der Waals surface area contributed by atoms with Crippen molar-refractivity contribution in [3.8, 4) is 17.2 Å². The van der Waals surface area contributed by atoms with Crippen molar-refractivity contribution in [1.82, 2.24) is 0 Å². The topological polar surface area (TPSA) is 60.3 Å². The van der Waals surface area contributed by atoms with Crippen LogP contribution in [0.15, 0.2) is 17.3 Å². The van der Waals surface area contributed by atoms with Gasteiger partial charge >= 0.3 is 0 Å². The number of ether oxygens (including phenoxy) is 3. The van der Waals surface area contributed by atoms with Crippen LogP contribution in [0.2, 0.25) is 0 Å². The smallest absolute Gasteiger partial charge is 0.135 e. The second-order valence-corrected chi connectivity index (χ2v) is 2.69. The van der Waals surface area contributed by atoms with Crippen molar-refractivity contribution in [3.63, 3.8) is 0 Å². The summed E-state index contributed by atoms with van der Waals surface area (Å²) in [7, 11) is 4.58. The molecule has 1 aromatic carbocycles. The minimum absolute atomic E-state index is 0.518. The van der Waals surface area contributed by atoms with Gasteiger partial charge in [0.05, 0.1) is 33.1 Å². The molecule has 5 heteroatoms. The van der Waals surface area contributed by atoms with Gasteiger partial charge in [0.1, 0.15) is 17.2 Å². The molecule has 0 saturated heterocycles. The highest BCUT2D eigenvalue weighted by molar-refractivity contribution is 5.87. The first-order valence-corrected chi connectivity index (χ1v) is 4.24. The number of hydrogen-bond acceptors (Lipinski definition) is 5. The van der Waals surface area contributed by atoms with E-state index < -0.39 is 0 Å². The first-order valence-electron chi connectivity index (χ1n) is 4.24. The summed E-state index contributed by atoms with van der Waals surface area (Å²) < 4.78 is 15.3. The van der Waals surface area contributed by atoms with E-state index in [1.807, 2.05) is 0 Å². The largest absolute Gasteiger partial charge is 0.496 e. The summed E-state index contributed by atoms with van der Waals surface area (Å²) in [6.07, 6.45) is 1.25. The van der Waals surface area contributed by atoms with Crippen LogP contribution >= 0.6 is 0 Å². The normalized spacial score (nSPS) is 10.3. The van der Waals surface area contributed by atoms with Crippen LogP contribution in [-0.2, 0) is 0 Å². The molecule has 1 N–H and O–H groups in total. The van der Waals surface area contributed by atoms with Crippen molar-refractivity contribution in [2.45, 2.75) is 0 Å². The molecule has 0 radical (unpaired) electrons. The van der Waals surface area contributed by atoms with Crippen LogP contribution in [0.1, 0.15) is 5.56 Å². The third-order valence-electron chi connectivity index (χ3n) is 1.94. The molecule has 0 aromatic heterocycles. The fraction of sp³-hybridized carbons (Fsp3) is 0.300. The molecule has 0 heterocycles. The zero-order valence-electron chi connectivity index (χ0n) is 8.85. The number of hydrogen-bond donors (Lipinski definition) is 1. The van der Waals surface area contributed by atoms with Gasteiger partial charge in [0.15, 0.2) is 0 Å². The van der Waals surface area contributed by atoms with Gasteiger partial charge in [0, 0.05) is 12.1 Å². The van der Waals surface area contributed by atoms with E-state index in [-0.39, 0.29) is 0 Å². The zero-order chi connectivity index (χ0) is 11.3. The third kappa shape index (κ3) is 2.31. The maximum absolute atomic E-state index is 8.51. The SMILES string of the molecule is COc1cc(OC)c(/C=N\O)c(OC)c1. The number of nitrogens with zero attached hydrogens (tertiary/aromatic N) is 1. The van der Waals surface area contributed by atoms with Crippen LogP contribution in [0.25, 0.3) is 0 Å². The molecule has 0 bridgehead atoms. The van der Waals surface area contributed by atoms with Crippen LogP contribution < -0.4 is 14.2 Å². The van der Waals surface area contributed by atoms with E-state index in [4.69, 9.17) is 19.4 Å². The van der Waals surface area contributed by atoms with Crippen LogP contribution in [0.5, 0.6) is 17.2 Å². The Labute approximate surface area is 87.9 Å². The Balaban J connectivity index is 3.32. The number of methoxy groups -OCH3 is 3. The molecule has 0 atom stereocenters. The van der Waals surface area contributed by atoms with Gasteiger partial charge < -0.3 is 19.4 Å². The minimum atomic E-state index is 0.518. The van der Waals surface area contributed by atoms with Crippen molar-refractivity contribution < 1.29 is 19.4 Å². The molecule has 5 nitrogen and oxygen atoms in total. The zero-order valence-corrected chi connectivity index (χ0v) is 8.85. The summed E-state index contributed by atoms with van der Waals surface area (Å²) in [5.74, 6) is 1.65. The van der Waals surface area contributed by atoms with E-state index in [1.54, 1.807) is 19.2 Å². The molecule has 0 saturated carbocycles. The monoisotopic (exact) mass is 211 g/mol. The molecule has 0 spiro atoms. The Morgan fingerprint density at radius 2 is 1.60 bits per heavy atom. The van der Waals surface area contributed by atoms with Gasteiger partial charge in [-0.15, -0.1) is 0 Å². The van der Waals surface area contributed by atoms with Gasteiger partial charge in [-0.1, -0.05) is 5.16 Å². The van der Waals surface area contributed by atoms with Gasteiger partial charge in [-0.3, -0.25) is 0 Å². The molecule has 0 aliphatic heterocycles. The lowest BCUT2D eigenvalue weighted by molar-refractivity contribution is 0.321. The van der Waals surface area contributed by atoms with Gasteiger partial charge in [-0.05, 0) is 0 Å². The van der Waals surface area contributed by atoms with E-state index in [0.29, 0.717) is 22.8 Å². The molecule has 0 unspecified atom stereocenters. The summed E-state index contributed by atoms with van der Waals surface area (Å²) in [5, 5.41) is 11.5. The van der Waals surface area contributed by atoms with Gasteiger partial charge in [-0.2, -0.15) is 0 Å². The first-order chi connectivity index (χ1) is 7.26. The third-order valence-corrected chi connectivity index (χ3v) is 1.94. The van der Waals surface area contributed by atoms with Crippen molar-refractivity contribution in [1.29, 1.82) is 0 Å². The second-order valence-electron chi connectivity index (χ2n) is 2.69. The van der Waals surface area contributed by atoms with E-state index in [2.05, 4.69) is 5.16 Å². The Kier molecular flexibility index (Phi) is 3.79. The van der Waals surface area contributed by atoms with Crippen molar-refractivity contribution in [2.75, 3.05) is 21.3 Å². The van der Waals surface area contributed by atoms with E-state index in [0.717, 1.165) is 0 Å². The van der Waals surface area contributed by atoms with Crippen LogP contribution in [0, 0.1) is 0 Å². The standard InChI is InChI=1S/C10H13NO4/c1-13-7-4-9(14-2)8(6-11-12)10(5-7)15-3/h4-6,12H,1-3H3/b11-6-. The summed E-state index contributed by atoms with van der Waals surface area (Å²) >= 11 is 0. The Morgan fingerprint density at radius 1 is 1.07 bits per heavy atom. The van der Waals surface area contributed by atoms with Crippen LogP contribution in [0.4, 0.5) is 0 Å². The predicted octanol–water partition coefficient (Wildman–Crippen LogP) is 1.52. The Bertz CT molecular complexity index is 337. The summed E-state index contributed by atoms with van der Waals surface area (Å²) in [6.45, 7) is 0. The number of rotatable bonds is 4. The van der Waals surface area contributed by atoms with E-state index >= 15 is 0 Å². The number of benzene rings is 1. The van der Waals surface area contributed by atoms with Gasteiger partial charge in [0.2, 0.25) is 0 Å². The molecule has 1 aromatic rings. The van der Waals surface area contributed by atoms with E-state index in [9.17, 15) is 0 Å². The summed E-state index contributed by atoms with van der Waals surface area (Å²) in [6, 6.07) is 3.36. The lowest BCUT2D eigenvalue weighted by Gasteiger charge is -2.11.